The van der Waals surface area contributed by atoms with Crippen molar-refractivity contribution in [3.8, 4) is 5.75 Å². The van der Waals surface area contributed by atoms with Crippen LogP contribution in [0.15, 0.2) is 53.4 Å². The van der Waals surface area contributed by atoms with E-state index in [0.717, 1.165) is 11.3 Å². The second-order valence-electron chi connectivity index (χ2n) is 6.16. The highest BCUT2D eigenvalue weighted by atomic mass is 32.2. The lowest BCUT2D eigenvalue weighted by Crippen LogP contribution is -2.36. The van der Waals surface area contributed by atoms with E-state index in [1.165, 1.54) is 24.3 Å². The Morgan fingerprint density at radius 3 is 2.41 bits per heavy atom. The van der Waals surface area contributed by atoms with Gasteiger partial charge in [-0.2, -0.15) is 0 Å². The number of likely N-dealkylation sites (N-methyl/N-ethyl adjacent to an activating group) is 1. The molecule has 1 atom stereocenters. The van der Waals surface area contributed by atoms with Gasteiger partial charge in [-0.3, -0.25) is 0 Å². The van der Waals surface area contributed by atoms with Gasteiger partial charge in [0, 0.05) is 12.2 Å². The molecule has 1 unspecified atom stereocenters. The summed E-state index contributed by atoms with van der Waals surface area (Å²) in [7, 11) is 1.70. The maximum absolute atomic E-state index is 12.2. The van der Waals surface area contributed by atoms with Gasteiger partial charge in [-0.15, -0.1) is 0 Å². The highest BCUT2D eigenvalue weighted by molar-refractivity contribution is 7.89. The number of nitrogens with zero attached hydrogens (tertiary/aromatic N) is 1. The fourth-order valence-electron chi connectivity index (χ4n) is 2.54. The predicted molar refractivity (Wildman–Crippen MR) is 104 cm³/mol. The molecule has 0 aliphatic carbocycles. The van der Waals surface area contributed by atoms with Crippen LogP contribution in [0, 0.1) is 0 Å². The minimum atomic E-state index is -3.76. The third-order valence-corrected chi connectivity index (χ3v) is 4.93. The number of anilines is 1. The number of primary sulfonamides is 1. The Labute approximate surface area is 159 Å². The van der Waals surface area contributed by atoms with E-state index in [4.69, 9.17) is 9.88 Å². The summed E-state index contributed by atoms with van der Waals surface area (Å²) >= 11 is 0. The molecule has 27 heavy (non-hydrogen) atoms. The largest absolute Gasteiger partial charge is 0.497 e. The van der Waals surface area contributed by atoms with E-state index in [2.05, 4.69) is 10.6 Å². The second-order valence-corrected chi connectivity index (χ2v) is 7.72. The Morgan fingerprint density at radius 1 is 1.19 bits per heavy atom. The number of nitrogens with one attached hydrogen (secondary N) is 2. The lowest BCUT2D eigenvalue weighted by Gasteiger charge is -2.25. The number of methoxy groups -OCH3 is 1. The number of hydrogen-bond acceptors (Lipinski definition) is 5. The molecule has 2 aromatic carbocycles. The van der Waals surface area contributed by atoms with Crippen molar-refractivity contribution in [1.82, 2.24) is 10.2 Å². The van der Waals surface area contributed by atoms with Crippen molar-refractivity contribution in [2.45, 2.75) is 10.9 Å². The summed E-state index contributed by atoms with van der Waals surface area (Å²) in [6.45, 7) is 0.376. The van der Waals surface area contributed by atoms with Crippen LogP contribution in [0.25, 0.3) is 0 Å². The van der Waals surface area contributed by atoms with Crippen LogP contribution < -0.4 is 20.5 Å². The quantitative estimate of drug-likeness (QED) is 0.664. The molecule has 0 spiro atoms. The first-order valence-electron chi connectivity index (χ1n) is 8.19. The van der Waals surface area contributed by atoms with Crippen molar-refractivity contribution < 1.29 is 17.9 Å². The molecule has 0 saturated heterocycles. The fraction of sp³-hybridized carbons (Fsp3) is 0.278. The average Bonchev–Trinajstić information content (AvgIpc) is 2.61. The van der Waals surface area contributed by atoms with Crippen LogP contribution >= 0.6 is 0 Å². The minimum absolute atomic E-state index is 0.0147. The molecule has 2 aromatic rings. The normalized spacial score (nSPS) is 12.5. The lowest BCUT2D eigenvalue weighted by atomic mass is 10.1. The van der Waals surface area contributed by atoms with E-state index in [0.29, 0.717) is 12.2 Å². The summed E-state index contributed by atoms with van der Waals surface area (Å²) in [4.78, 5) is 14.1. The average molecular weight is 392 g/mol. The van der Waals surface area contributed by atoms with Gasteiger partial charge >= 0.3 is 6.03 Å². The summed E-state index contributed by atoms with van der Waals surface area (Å²) in [5.41, 5.74) is 1.47. The molecule has 0 saturated carbocycles. The number of ether oxygens (including phenoxy) is 1. The topological polar surface area (TPSA) is 114 Å². The number of amides is 2. The van der Waals surface area contributed by atoms with Crippen LogP contribution in [0.4, 0.5) is 10.5 Å². The summed E-state index contributed by atoms with van der Waals surface area (Å²) in [5.74, 6) is 0.749. The number of nitrogens with two attached hydrogens (primary N) is 1. The summed E-state index contributed by atoms with van der Waals surface area (Å²) in [6, 6.07) is 12.8. The van der Waals surface area contributed by atoms with Gasteiger partial charge < -0.3 is 20.3 Å². The van der Waals surface area contributed by atoms with Crippen molar-refractivity contribution in [1.29, 1.82) is 0 Å². The Hall–Kier alpha value is -2.62. The SMILES string of the molecule is COc1cccc(C(CNC(=O)Nc2ccc(S(N)(=O)=O)cc2)N(C)C)c1. The number of sulfonamides is 1. The number of benzene rings is 2. The Balaban J connectivity index is 1.99. The first-order chi connectivity index (χ1) is 12.7. The summed E-state index contributed by atoms with van der Waals surface area (Å²) in [6.07, 6.45) is 0. The monoisotopic (exact) mass is 392 g/mol. The lowest BCUT2D eigenvalue weighted by molar-refractivity contribution is 0.243. The second kappa shape index (κ2) is 8.85. The molecule has 0 aliphatic rings. The van der Waals surface area contributed by atoms with Gasteiger partial charge in [-0.25, -0.2) is 18.4 Å². The van der Waals surface area contributed by atoms with Crippen LogP contribution in [0.1, 0.15) is 11.6 Å². The smallest absolute Gasteiger partial charge is 0.319 e. The molecule has 0 radical (unpaired) electrons. The van der Waals surface area contributed by atoms with Crippen LogP contribution in [-0.4, -0.2) is 47.1 Å². The van der Waals surface area contributed by atoms with Crippen molar-refractivity contribution >= 4 is 21.7 Å². The molecule has 146 valence electrons. The van der Waals surface area contributed by atoms with Crippen LogP contribution in [0.2, 0.25) is 0 Å². The molecule has 4 N–H and O–H groups in total. The van der Waals surface area contributed by atoms with Gasteiger partial charge in [-0.1, -0.05) is 12.1 Å². The van der Waals surface area contributed by atoms with Crippen molar-refractivity contribution in [2.24, 2.45) is 5.14 Å². The highest BCUT2D eigenvalue weighted by Crippen LogP contribution is 2.22. The molecule has 8 nitrogen and oxygen atoms in total. The molecule has 2 rings (SSSR count). The van der Waals surface area contributed by atoms with E-state index in [-0.39, 0.29) is 10.9 Å². The molecule has 0 fully saturated rings. The van der Waals surface area contributed by atoms with Gasteiger partial charge in [0.2, 0.25) is 10.0 Å². The van der Waals surface area contributed by atoms with Crippen LogP contribution in [0.3, 0.4) is 0 Å². The first kappa shape index (κ1) is 20.7. The zero-order valence-electron chi connectivity index (χ0n) is 15.5. The maximum atomic E-state index is 12.2. The van der Waals surface area contributed by atoms with Gasteiger partial charge in [0.25, 0.3) is 0 Å². The first-order valence-corrected chi connectivity index (χ1v) is 9.73. The van der Waals surface area contributed by atoms with Crippen molar-refractivity contribution in [3.05, 3.63) is 54.1 Å². The molecule has 0 aromatic heterocycles. The zero-order chi connectivity index (χ0) is 20.0. The predicted octanol–water partition coefficient (Wildman–Crippen LogP) is 1.77. The molecule has 0 heterocycles. The Morgan fingerprint density at radius 2 is 1.85 bits per heavy atom. The van der Waals surface area contributed by atoms with Gasteiger partial charge in [-0.05, 0) is 56.1 Å². The van der Waals surface area contributed by atoms with E-state index >= 15 is 0 Å². The number of carbonyl (C=O) groups is 1. The van der Waals surface area contributed by atoms with Crippen molar-refractivity contribution in [3.63, 3.8) is 0 Å². The summed E-state index contributed by atoms with van der Waals surface area (Å²) < 4.78 is 27.8. The standard InChI is InChI=1S/C18H24N4O4S/c1-22(2)17(13-5-4-6-15(11-13)26-3)12-20-18(23)21-14-7-9-16(10-8-14)27(19,24)25/h4-11,17H,12H2,1-3H3,(H2,19,24,25)(H2,20,21,23). The number of carbonyl (C=O) groups excluding carboxylic acids is 1. The zero-order valence-corrected chi connectivity index (χ0v) is 16.3. The Bertz CT molecular complexity index is 882. The number of rotatable bonds is 7. The van der Waals surface area contributed by atoms with Crippen molar-refractivity contribution in [2.75, 3.05) is 33.1 Å². The fourth-order valence-corrected chi connectivity index (χ4v) is 3.06. The summed E-state index contributed by atoms with van der Waals surface area (Å²) in [5, 5.41) is 10.5. The Kier molecular flexibility index (Phi) is 6.78. The van der Waals surface area contributed by atoms with E-state index in [9.17, 15) is 13.2 Å². The van der Waals surface area contributed by atoms with Gasteiger partial charge in [0.1, 0.15) is 5.75 Å². The van der Waals surface area contributed by atoms with Gasteiger partial charge in [0.15, 0.2) is 0 Å². The minimum Gasteiger partial charge on any atom is -0.497 e. The highest BCUT2D eigenvalue weighted by Gasteiger charge is 2.16. The molecule has 2 amide bonds. The maximum Gasteiger partial charge on any atom is 0.319 e. The van der Waals surface area contributed by atoms with E-state index in [1.807, 2.05) is 43.3 Å². The number of urea groups is 1. The van der Waals surface area contributed by atoms with E-state index in [1.54, 1.807) is 7.11 Å². The third-order valence-electron chi connectivity index (χ3n) is 4.00. The molecule has 0 aliphatic heterocycles. The van der Waals surface area contributed by atoms with Crippen LogP contribution in [-0.2, 0) is 10.0 Å². The third kappa shape index (κ3) is 5.95. The molecular formula is C18H24N4O4S. The molecular weight excluding hydrogens is 368 g/mol. The number of hydrogen-bond donors (Lipinski definition) is 3. The molecule has 0 bridgehead atoms. The van der Waals surface area contributed by atoms with Crippen LogP contribution in [0.5, 0.6) is 5.75 Å². The van der Waals surface area contributed by atoms with Gasteiger partial charge in [0.05, 0.1) is 18.0 Å². The van der Waals surface area contributed by atoms with E-state index < -0.39 is 16.1 Å². The molecule has 9 heteroatoms.